The van der Waals surface area contributed by atoms with Gasteiger partial charge in [-0.25, -0.2) is 4.79 Å². The molecule has 0 bridgehead atoms. The molecule has 1 heterocycles. The molecule has 1 fully saturated rings. The first kappa shape index (κ1) is 21.4. The fraction of sp³-hybridized carbons (Fsp3) is 0.348. The summed E-state index contributed by atoms with van der Waals surface area (Å²) >= 11 is 0. The van der Waals surface area contributed by atoms with Gasteiger partial charge < -0.3 is 15.0 Å². The first-order chi connectivity index (χ1) is 14.6. The molecule has 1 aliphatic rings. The van der Waals surface area contributed by atoms with Gasteiger partial charge in [-0.05, 0) is 67.6 Å². The number of amides is 4. The van der Waals surface area contributed by atoms with Crippen molar-refractivity contribution in [3.8, 4) is 5.75 Å². The number of piperidine rings is 1. The summed E-state index contributed by atoms with van der Waals surface area (Å²) < 4.78 is 5.11. The largest absolute Gasteiger partial charge is 0.497 e. The van der Waals surface area contributed by atoms with E-state index in [0.29, 0.717) is 24.1 Å². The molecule has 4 amide bonds. The SMILES string of the molecule is COc1ccc(CCNC(=O)NC(=O)c2ccc(C(=O)N3CCCCC3)cc2)cc1. The third-order valence-corrected chi connectivity index (χ3v) is 5.12. The number of benzene rings is 2. The number of carbonyl (C=O) groups is 3. The van der Waals surface area contributed by atoms with Gasteiger partial charge in [-0.15, -0.1) is 0 Å². The van der Waals surface area contributed by atoms with Gasteiger partial charge in [0.1, 0.15) is 5.75 Å². The lowest BCUT2D eigenvalue weighted by Crippen LogP contribution is -2.40. The second-order valence-corrected chi connectivity index (χ2v) is 7.24. The maximum absolute atomic E-state index is 12.5. The molecule has 1 aliphatic heterocycles. The van der Waals surface area contributed by atoms with E-state index >= 15 is 0 Å². The number of ether oxygens (including phenoxy) is 1. The number of imide groups is 1. The maximum atomic E-state index is 12.5. The maximum Gasteiger partial charge on any atom is 0.321 e. The van der Waals surface area contributed by atoms with Gasteiger partial charge in [-0.2, -0.15) is 0 Å². The zero-order chi connectivity index (χ0) is 21.3. The summed E-state index contributed by atoms with van der Waals surface area (Å²) in [6.07, 6.45) is 3.85. The molecule has 0 spiro atoms. The van der Waals surface area contributed by atoms with E-state index in [2.05, 4.69) is 10.6 Å². The van der Waals surface area contributed by atoms with Gasteiger partial charge in [-0.1, -0.05) is 12.1 Å². The van der Waals surface area contributed by atoms with E-state index in [1.807, 2.05) is 29.2 Å². The van der Waals surface area contributed by atoms with E-state index < -0.39 is 11.9 Å². The minimum absolute atomic E-state index is 0.0158. The Morgan fingerprint density at radius 3 is 2.17 bits per heavy atom. The van der Waals surface area contributed by atoms with E-state index in [1.54, 1.807) is 31.4 Å². The summed E-state index contributed by atoms with van der Waals surface area (Å²) in [5.74, 6) is 0.255. The van der Waals surface area contributed by atoms with Gasteiger partial charge in [0.2, 0.25) is 0 Å². The number of hydrogen-bond acceptors (Lipinski definition) is 4. The molecule has 0 atom stereocenters. The molecule has 0 aromatic heterocycles. The van der Waals surface area contributed by atoms with Crippen molar-refractivity contribution >= 4 is 17.8 Å². The molecule has 2 aromatic carbocycles. The van der Waals surface area contributed by atoms with Crippen LogP contribution in [0.2, 0.25) is 0 Å². The first-order valence-corrected chi connectivity index (χ1v) is 10.2. The van der Waals surface area contributed by atoms with Crippen molar-refractivity contribution < 1.29 is 19.1 Å². The van der Waals surface area contributed by atoms with Crippen LogP contribution in [0.15, 0.2) is 48.5 Å². The van der Waals surface area contributed by atoms with Crippen LogP contribution in [0.3, 0.4) is 0 Å². The fourth-order valence-electron chi connectivity index (χ4n) is 3.38. The van der Waals surface area contributed by atoms with Gasteiger partial charge in [0.05, 0.1) is 7.11 Å². The molecule has 7 nitrogen and oxygen atoms in total. The van der Waals surface area contributed by atoms with Gasteiger partial charge >= 0.3 is 6.03 Å². The zero-order valence-corrected chi connectivity index (χ0v) is 17.1. The summed E-state index contributed by atoms with van der Waals surface area (Å²) in [4.78, 5) is 38.6. The summed E-state index contributed by atoms with van der Waals surface area (Å²) in [7, 11) is 1.61. The topological polar surface area (TPSA) is 87.7 Å². The molecular formula is C23H27N3O4. The molecule has 7 heteroatoms. The van der Waals surface area contributed by atoms with Crippen molar-refractivity contribution in [1.29, 1.82) is 0 Å². The van der Waals surface area contributed by atoms with Crippen LogP contribution in [0.1, 0.15) is 45.5 Å². The van der Waals surface area contributed by atoms with E-state index in [-0.39, 0.29) is 5.91 Å². The van der Waals surface area contributed by atoms with E-state index in [9.17, 15) is 14.4 Å². The fourth-order valence-corrected chi connectivity index (χ4v) is 3.38. The Hall–Kier alpha value is -3.35. The number of carbonyl (C=O) groups excluding carboxylic acids is 3. The van der Waals surface area contributed by atoms with Crippen LogP contribution in [0.5, 0.6) is 5.75 Å². The van der Waals surface area contributed by atoms with Crippen LogP contribution in [0, 0.1) is 0 Å². The molecule has 0 saturated carbocycles. The number of methoxy groups -OCH3 is 1. The Kier molecular flexibility index (Phi) is 7.43. The Morgan fingerprint density at radius 1 is 0.900 bits per heavy atom. The number of urea groups is 1. The monoisotopic (exact) mass is 409 g/mol. The molecular weight excluding hydrogens is 382 g/mol. The molecule has 158 valence electrons. The Labute approximate surface area is 176 Å². The van der Waals surface area contributed by atoms with Crippen LogP contribution in [0.25, 0.3) is 0 Å². The second kappa shape index (κ2) is 10.4. The lowest BCUT2D eigenvalue weighted by Gasteiger charge is -2.26. The van der Waals surface area contributed by atoms with Gasteiger partial charge in [0.25, 0.3) is 11.8 Å². The highest BCUT2D eigenvalue weighted by Gasteiger charge is 2.18. The summed E-state index contributed by atoms with van der Waals surface area (Å²) in [6, 6.07) is 13.4. The Balaban J connectivity index is 1.45. The average Bonchev–Trinajstić information content (AvgIpc) is 2.79. The van der Waals surface area contributed by atoms with E-state index in [1.165, 1.54) is 0 Å². The van der Waals surface area contributed by atoms with Crippen molar-refractivity contribution in [3.05, 3.63) is 65.2 Å². The van der Waals surface area contributed by atoms with Gasteiger partial charge in [-0.3, -0.25) is 14.9 Å². The van der Waals surface area contributed by atoms with Gasteiger partial charge in [0.15, 0.2) is 0 Å². The van der Waals surface area contributed by atoms with Crippen molar-refractivity contribution in [2.75, 3.05) is 26.7 Å². The minimum Gasteiger partial charge on any atom is -0.497 e. The lowest BCUT2D eigenvalue weighted by molar-refractivity contribution is 0.0723. The third kappa shape index (κ3) is 5.83. The summed E-state index contributed by atoms with van der Waals surface area (Å²) in [5.41, 5.74) is 1.93. The smallest absolute Gasteiger partial charge is 0.321 e. The summed E-state index contributed by atoms with van der Waals surface area (Å²) in [5, 5.41) is 4.98. The second-order valence-electron chi connectivity index (χ2n) is 7.24. The molecule has 0 radical (unpaired) electrons. The van der Waals surface area contributed by atoms with Crippen LogP contribution in [-0.4, -0.2) is 49.5 Å². The molecule has 0 aliphatic carbocycles. The van der Waals surface area contributed by atoms with Crippen LogP contribution < -0.4 is 15.4 Å². The highest BCUT2D eigenvalue weighted by Crippen LogP contribution is 2.14. The quantitative estimate of drug-likeness (QED) is 0.768. The lowest BCUT2D eigenvalue weighted by atomic mass is 10.1. The Morgan fingerprint density at radius 2 is 1.53 bits per heavy atom. The number of nitrogens with zero attached hydrogens (tertiary/aromatic N) is 1. The summed E-state index contributed by atoms with van der Waals surface area (Å²) in [6.45, 7) is 1.95. The normalized spacial score (nSPS) is 13.4. The van der Waals surface area contributed by atoms with Crippen molar-refractivity contribution in [1.82, 2.24) is 15.5 Å². The number of rotatable bonds is 6. The predicted octanol–water partition coefficient (Wildman–Crippen LogP) is 3.00. The number of nitrogens with one attached hydrogen (secondary N) is 2. The van der Waals surface area contributed by atoms with Crippen LogP contribution in [0.4, 0.5) is 4.79 Å². The first-order valence-electron chi connectivity index (χ1n) is 10.2. The van der Waals surface area contributed by atoms with Gasteiger partial charge in [0, 0.05) is 30.8 Å². The molecule has 3 rings (SSSR count). The third-order valence-electron chi connectivity index (χ3n) is 5.12. The number of hydrogen-bond donors (Lipinski definition) is 2. The molecule has 30 heavy (non-hydrogen) atoms. The van der Waals surface area contributed by atoms with E-state index in [4.69, 9.17) is 4.74 Å². The average molecular weight is 409 g/mol. The Bertz CT molecular complexity index is 872. The highest BCUT2D eigenvalue weighted by molar-refractivity contribution is 6.04. The van der Waals surface area contributed by atoms with Crippen molar-refractivity contribution in [2.45, 2.75) is 25.7 Å². The van der Waals surface area contributed by atoms with Crippen LogP contribution >= 0.6 is 0 Å². The molecule has 0 unspecified atom stereocenters. The number of likely N-dealkylation sites (tertiary alicyclic amines) is 1. The molecule has 1 saturated heterocycles. The van der Waals surface area contributed by atoms with E-state index in [0.717, 1.165) is 43.7 Å². The van der Waals surface area contributed by atoms with Crippen molar-refractivity contribution in [2.24, 2.45) is 0 Å². The standard InChI is InChI=1S/C23H27N3O4/c1-30-20-11-5-17(6-12-20)13-14-24-23(29)25-21(27)18-7-9-19(10-8-18)22(28)26-15-3-2-4-16-26/h5-12H,2-4,13-16H2,1H3,(H2,24,25,27,29). The molecule has 2 N–H and O–H groups in total. The van der Waals surface area contributed by atoms with Crippen molar-refractivity contribution in [3.63, 3.8) is 0 Å². The minimum atomic E-state index is -0.554. The predicted molar refractivity (Wildman–Crippen MR) is 114 cm³/mol. The van der Waals surface area contributed by atoms with Crippen LogP contribution in [-0.2, 0) is 6.42 Å². The molecule has 2 aromatic rings. The highest BCUT2D eigenvalue weighted by atomic mass is 16.5. The zero-order valence-electron chi connectivity index (χ0n) is 17.1.